The van der Waals surface area contributed by atoms with Crippen LogP contribution in [0.3, 0.4) is 0 Å². The van der Waals surface area contributed by atoms with E-state index < -0.39 is 0 Å². The lowest BCUT2D eigenvalue weighted by atomic mass is 10.1. The maximum atomic E-state index is 12.4. The van der Waals surface area contributed by atoms with Crippen LogP contribution in [0.15, 0.2) is 12.3 Å². The van der Waals surface area contributed by atoms with E-state index in [9.17, 15) is 4.79 Å². The maximum Gasteiger partial charge on any atom is 0.274 e. The summed E-state index contributed by atoms with van der Waals surface area (Å²) < 4.78 is 7.25. The lowest BCUT2D eigenvalue weighted by Gasteiger charge is -2.23. The summed E-state index contributed by atoms with van der Waals surface area (Å²) in [6, 6.07) is 2.18. The molecule has 2 heterocycles. The van der Waals surface area contributed by atoms with Gasteiger partial charge >= 0.3 is 0 Å². The second kappa shape index (κ2) is 9.82. The van der Waals surface area contributed by atoms with Crippen molar-refractivity contribution in [3.05, 3.63) is 18.0 Å². The van der Waals surface area contributed by atoms with Gasteiger partial charge in [-0.3, -0.25) is 9.48 Å². The molecule has 1 fully saturated rings. The van der Waals surface area contributed by atoms with E-state index in [-0.39, 0.29) is 18.3 Å². The third kappa shape index (κ3) is 4.97. The van der Waals surface area contributed by atoms with Crippen molar-refractivity contribution in [3.8, 4) is 0 Å². The molecule has 1 amide bonds. The number of likely N-dealkylation sites (N-methyl/N-ethyl adjacent to an activating group) is 1. The number of halogens is 1. The Bertz CT molecular complexity index is 447. The summed E-state index contributed by atoms with van der Waals surface area (Å²) in [5, 5.41) is 7.84. The van der Waals surface area contributed by atoms with Gasteiger partial charge in [0.05, 0.1) is 12.6 Å². The molecule has 1 saturated heterocycles. The van der Waals surface area contributed by atoms with Crippen LogP contribution in [0.2, 0.25) is 0 Å². The van der Waals surface area contributed by atoms with E-state index in [1.165, 1.54) is 0 Å². The molecule has 1 aliphatic heterocycles. The molecular formula is C15H27ClN4O2. The first kappa shape index (κ1) is 18.9. The zero-order valence-corrected chi connectivity index (χ0v) is 14.3. The molecule has 126 valence electrons. The van der Waals surface area contributed by atoms with Gasteiger partial charge in [-0.15, -0.1) is 12.4 Å². The summed E-state index contributed by atoms with van der Waals surface area (Å²) in [6.07, 6.45) is 4.19. The van der Waals surface area contributed by atoms with E-state index in [0.717, 1.165) is 25.9 Å². The number of ether oxygens (including phenoxy) is 1. The van der Waals surface area contributed by atoms with Crippen LogP contribution in [-0.2, 0) is 4.74 Å². The molecule has 7 heteroatoms. The zero-order valence-electron chi connectivity index (χ0n) is 13.5. The van der Waals surface area contributed by atoms with Gasteiger partial charge < -0.3 is 15.0 Å². The molecule has 1 unspecified atom stereocenters. The van der Waals surface area contributed by atoms with Crippen molar-refractivity contribution in [3.63, 3.8) is 0 Å². The summed E-state index contributed by atoms with van der Waals surface area (Å²) in [7, 11) is 0. The number of amides is 1. The first-order valence-corrected chi connectivity index (χ1v) is 7.89. The van der Waals surface area contributed by atoms with Crippen LogP contribution in [0, 0.1) is 0 Å². The van der Waals surface area contributed by atoms with Gasteiger partial charge in [-0.2, -0.15) is 5.10 Å². The Kier molecular flexibility index (Phi) is 8.45. The van der Waals surface area contributed by atoms with Crippen LogP contribution in [0.1, 0.15) is 43.2 Å². The molecule has 0 aromatic carbocycles. The Morgan fingerprint density at radius 1 is 1.55 bits per heavy atom. The smallest absolute Gasteiger partial charge is 0.274 e. The van der Waals surface area contributed by atoms with Gasteiger partial charge in [0.1, 0.15) is 5.69 Å². The molecule has 0 bridgehead atoms. The minimum atomic E-state index is -0.0141. The Balaban J connectivity index is 0.00000242. The fourth-order valence-corrected chi connectivity index (χ4v) is 2.60. The summed E-state index contributed by atoms with van der Waals surface area (Å²) in [6.45, 7) is 8.47. The lowest BCUT2D eigenvalue weighted by Crippen LogP contribution is -2.35. The van der Waals surface area contributed by atoms with Crippen LogP contribution in [0.5, 0.6) is 0 Å². The number of hydrogen-bond acceptors (Lipinski definition) is 4. The highest BCUT2D eigenvalue weighted by molar-refractivity contribution is 5.92. The molecule has 1 N–H and O–H groups in total. The fourth-order valence-electron chi connectivity index (χ4n) is 2.60. The first-order chi connectivity index (χ1) is 10.3. The van der Waals surface area contributed by atoms with Gasteiger partial charge in [0, 0.05) is 32.4 Å². The summed E-state index contributed by atoms with van der Waals surface area (Å²) in [5.74, 6) is -0.0141. The van der Waals surface area contributed by atoms with Crippen molar-refractivity contribution < 1.29 is 9.53 Å². The number of aromatic nitrogens is 2. The Morgan fingerprint density at radius 3 is 3.00 bits per heavy atom. The molecule has 0 radical (unpaired) electrons. The largest absolute Gasteiger partial charge is 0.380 e. The molecule has 0 aliphatic carbocycles. The van der Waals surface area contributed by atoms with Gasteiger partial charge in [-0.1, -0.05) is 0 Å². The van der Waals surface area contributed by atoms with Gasteiger partial charge in [-0.05, 0) is 39.3 Å². The highest BCUT2D eigenvalue weighted by atomic mass is 35.5. The van der Waals surface area contributed by atoms with Crippen LogP contribution in [0.25, 0.3) is 0 Å². The number of nitrogens with one attached hydrogen (secondary N) is 1. The Hall–Kier alpha value is -1.11. The normalized spacial score (nSPS) is 17.8. The number of carbonyl (C=O) groups excluding carboxylic acids is 1. The minimum Gasteiger partial charge on any atom is -0.380 e. The molecule has 1 aromatic heterocycles. The van der Waals surface area contributed by atoms with Crippen LogP contribution < -0.4 is 5.32 Å². The Morgan fingerprint density at radius 2 is 2.36 bits per heavy atom. The predicted molar refractivity (Wildman–Crippen MR) is 88.7 cm³/mol. The number of nitrogens with zero attached hydrogens (tertiary/aromatic N) is 3. The quantitative estimate of drug-likeness (QED) is 0.773. The van der Waals surface area contributed by atoms with Gasteiger partial charge in [0.15, 0.2) is 0 Å². The van der Waals surface area contributed by atoms with Crippen molar-refractivity contribution in [2.75, 3.05) is 39.4 Å². The van der Waals surface area contributed by atoms with Crippen molar-refractivity contribution in [1.29, 1.82) is 0 Å². The molecule has 1 aliphatic rings. The maximum absolute atomic E-state index is 12.4. The third-order valence-electron chi connectivity index (χ3n) is 3.85. The van der Waals surface area contributed by atoms with Gasteiger partial charge in [0.25, 0.3) is 5.91 Å². The average molecular weight is 331 g/mol. The minimum absolute atomic E-state index is 0. The molecule has 6 nitrogen and oxygen atoms in total. The van der Waals surface area contributed by atoms with E-state index in [1.54, 1.807) is 4.90 Å². The fraction of sp³-hybridized carbons (Fsp3) is 0.733. The van der Waals surface area contributed by atoms with E-state index in [1.807, 2.05) is 30.8 Å². The van der Waals surface area contributed by atoms with Gasteiger partial charge in [-0.25, -0.2) is 0 Å². The van der Waals surface area contributed by atoms with Crippen molar-refractivity contribution in [2.24, 2.45) is 0 Å². The van der Waals surface area contributed by atoms with E-state index in [4.69, 9.17) is 4.74 Å². The molecular weight excluding hydrogens is 304 g/mol. The SMILES string of the molecule is CCOCCN(CC)C(=O)c1ccn(C2CCCNC2)n1.Cl. The van der Waals surface area contributed by atoms with Crippen molar-refractivity contribution in [2.45, 2.75) is 32.7 Å². The first-order valence-electron chi connectivity index (χ1n) is 7.89. The van der Waals surface area contributed by atoms with E-state index >= 15 is 0 Å². The average Bonchev–Trinajstić information content (AvgIpc) is 3.02. The molecule has 0 spiro atoms. The third-order valence-corrected chi connectivity index (χ3v) is 3.85. The second-order valence-corrected chi connectivity index (χ2v) is 5.26. The number of hydrogen-bond donors (Lipinski definition) is 1. The van der Waals surface area contributed by atoms with Crippen LogP contribution in [-0.4, -0.2) is 60.0 Å². The Labute approximate surface area is 138 Å². The standard InChI is InChI=1S/C15H26N4O2.ClH/c1-3-18(10-11-21-4-2)15(20)14-7-9-19(17-14)13-6-5-8-16-12-13;/h7,9,13,16H,3-6,8,10-12H2,1-2H3;1H. The lowest BCUT2D eigenvalue weighted by molar-refractivity contribution is 0.0662. The summed E-state index contributed by atoms with van der Waals surface area (Å²) in [4.78, 5) is 14.2. The monoisotopic (exact) mass is 330 g/mol. The van der Waals surface area contributed by atoms with Crippen LogP contribution >= 0.6 is 12.4 Å². The highest BCUT2D eigenvalue weighted by Gasteiger charge is 2.20. The summed E-state index contributed by atoms with van der Waals surface area (Å²) >= 11 is 0. The van der Waals surface area contributed by atoms with Crippen LogP contribution in [0.4, 0.5) is 0 Å². The molecule has 2 rings (SSSR count). The van der Waals surface area contributed by atoms with Crippen molar-refractivity contribution >= 4 is 18.3 Å². The molecule has 0 saturated carbocycles. The van der Waals surface area contributed by atoms with Gasteiger partial charge in [0.2, 0.25) is 0 Å². The second-order valence-electron chi connectivity index (χ2n) is 5.26. The molecule has 22 heavy (non-hydrogen) atoms. The predicted octanol–water partition coefficient (Wildman–Crippen LogP) is 1.73. The van der Waals surface area contributed by atoms with E-state index in [0.29, 0.717) is 38.0 Å². The number of rotatable bonds is 7. The number of piperidine rings is 1. The van der Waals surface area contributed by atoms with Crippen molar-refractivity contribution in [1.82, 2.24) is 20.0 Å². The zero-order chi connectivity index (χ0) is 15.1. The van der Waals surface area contributed by atoms with E-state index in [2.05, 4.69) is 10.4 Å². The topological polar surface area (TPSA) is 59.4 Å². The number of carbonyl (C=O) groups is 1. The molecule has 1 atom stereocenters. The molecule has 1 aromatic rings. The summed E-state index contributed by atoms with van der Waals surface area (Å²) in [5.41, 5.74) is 0.527. The highest BCUT2D eigenvalue weighted by Crippen LogP contribution is 2.16.